The van der Waals surface area contributed by atoms with Crippen LogP contribution in [-0.2, 0) is 0 Å². The number of halogens is 1. The van der Waals surface area contributed by atoms with Crippen LogP contribution < -0.4 is 4.90 Å². The van der Waals surface area contributed by atoms with Crippen LogP contribution >= 0.6 is 11.6 Å². The minimum absolute atomic E-state index is 0.251. The van der Waals surface area contributed by atoms with Gasteiger partial charge in [-0.1, -0.05) is 13.0 Å². The molecule has 1 aromatic rings. The van der Waals surface area contributed by atoms with Crippen LogP contribution in [0.3, 0.4) is 0 Å². The van der Waals surface area contributed by atoms with Crippen LogP contribution in [0.25, 0.3) is 0 Å². The van der Waals surface area contributed by atoms with Gasteiger partial charge in [0, 0.05) is 18.8 Å². The van der Waals surface area contributed by atoms with Crippen molar-refractivity contribution in [1.82, 2.24) is 4.98 Å². The van der Waals surface area contributed by atoms with Crippen molar-refractivity contribution in [3.05, 3.63) is 23.9 Å². The van der Waals surface area contributed by atoms with E-state index in [1.807, 2.05) is 13.0 Å². The highest BCUT2D eigenvalue weighted by Crippen LogP contribution is 2.25. The molecule has 2 nitrogen and oxygen atoms in total. The number of aromatic nitrogens is 1. The second-order valence-corrected chi connectivity index (χ2v) is 4.93. The highest BCUT2D eigenvalue weighted by atomic mass is 35.5. The Bertz CT molecular complexity index is 340. The standard InChI is InChI=1S/C12H17ClN2/c1-9-6-7-15(8-11(9)13)12-5-3-4-10(2)14-12/h3-5,9,11H,6-8H2,1-2H3. The van der Waals surface area contributed by atoms with Crippen molar-refractivity contribution in [2.45, 2.75) is 25.6 Å². The van der Waals surface area contributed by atoms with E-state index in [9.17, 15) is 0 Å². The SMILES string of the molecule is Cc1cccc(N2CCC(C)C(Cl)C2)n1. The van der Waals surface area contributed by atoms with Crippen LogP contribution in [0.2, 0.25) is 0 Å². The third-order valence-corrected chi connectivity index (χ3v) is 3.63. The van der Waals surface area contributed by atoms with Crippen molar-refractivity contribution in [2.24, 2.45) is 5.92 Å². The molecule has 0 amide bonds. The number of aryl methyl sites for hydroxylation is 1. The van der Waals surface area contributed by atoms with Gasteiger partial charge in [-0.05, 0) is 31.4 Å². The van der Waals surface area contributed by atoms with Crippen LogP contribution in [0.5, 0.6) is 0 Å². The zero-order valence-electron chi connectivity index (χ0n) is 9.28. The van der Waals surface area contributed by atoms with E-state index in [1.54, 1.807) is 0 Å². The molecule has 82 valence electrons. The summed E-state index contributed by atoms with van der Waals surface area (Å²) in [5, 5.41) is 0.251. The lowest BCUT2D eigenvalue weighted by atomic mass is 9.98. The molecule has 15 heavy (non-hydrogen) atoms. The number of rotatable bonds is 1. The Kier molecular flexibility index (Phi) is 3.15. The van der Waals surface area contributed by atoms with Gasteiger partial charge in [-0.3, -0.25) is 0 Å². The first-order valence-electron chi connectivity index (χ1n) is 5.49. The largest absolute Gasteiger partial charge is 0.355 e. The number of nitrogens with zero attached hydrogens (tertiary/aromatic N) is 2. The zero-order valence-corrected chi connectivity index (χ0v) is 10.0. The highest BCUT2D eigenvalue weighted by Gasteiger charge is 2.24. The summed E-state index contributed by atoms with van der Waals surface area (Å²) in [6.45, 7) is 6.23. The summed E-state index contributed by atoms with van der Waals surface area (Å²) in [4.78, 5) is 6.81. The smallest absolute Gasteiger partial charge is 0.128 e. The summed E-state index contributed by atoms with van der Waals surface area (Å²) in [5.74, 6) is 1.68. The van der Waals surface area contributed by atoms with E-state index in [1.165, 1.54) is 0 Å². The van der Waals surface area contributed by atoms with E-state index in [0.29, 0.717) is 5.92 Å². The molecule has 0 saturated carbocycles. The molecule has 2 rings (SSSR count). The number of anilines is 1. The normalized spacial score (nSPS) is 26.7. The van der Waals surface area contributed by atoms with Crippen molar-refractivity contribution in [3.63, 3.8) is 0 Å². The summed E-state index contributed by atoms with van der Waals surface area (Å²) < 4.78 is 0. The van der Waals surface area contributed by atoms with Gasteiger partial charge in [-0.2, -0.15) is 0 Å². The van der Waals surface area contributed by atoms with Gasteiger partial charge in [-0.15, -0.1) is 11.6 Å². The Morgan fingerprint density at radius 3 is 2.93 bits per heavy atom. The Labute approximate surface area is 96.3 Å². The lowest BCUT2D eigenvalue weighted by Gasteiger charge is -2.34. The van der Waals surface area contributed by atoms with Crippen LogP contribution in [0.1, 0.15) is 19.0 Å². The van der Waals surface area contributed by atoms with Gasteiger partial charge < -0.3 is 4.90 Å². The quantitative estimate of drug-likeness (QED) is 0.682. The summed E-state index contributed by atoms with van der Waals surface area (Å²) in [6, 6.07) is 6.14. The Morgan fingerprint density at radius 2 is 2.27 bits per heavy atom. The average Bonchev–Trinajstić information content (AvgIpc) is 2.22. The third-order valence-electron chi connectivity index (χ3n) is 3.06. The second kappa shape index (κ2) is 4.40. The minimum atomic E-state index is 0.251. The summed E-state index contributed by atoms with van der Waals surface area (Å²) in [6.07, 6.45) is 1.16. The minimum Gasteiger partial charge on any atom is -0.355 e. The molecule has 0 spiro atoms. The molecule has 2 unspecified atom stereocenters. The fraction of sp³-hybridized carbons (Fsp3) is 0.583. The molecular formula is C12H17ClN2. The summed E-state index contributed by atoms with van der Waals surface area (Å²) >= 11 is 6.28. The average molecular weight is 225 g/mol. The van der Waals surface area contributed by atoms with Gasteiger partial charge in [0.2, 0.25) is 0 Å². The maximum Gasteiger partial charge on any atom is 0.128 e. The Hall–Kier alpha value is -0.760. The molecular weight excluding hydrogens is 208 g/mol. The fourth-order valence-electron chi connectivity index (χ4n) is 1.93. The van der Waals surface area contributed by atoms with Gasteiger partial charge in [0.15, 0.2) is 0 Å². The lowest BCUT2D eigenvalue weighted by Crippen LogP contribution is -2.40. The van der Waals surface area contributed by atoms with E-state index < -0.39 is 0 Å². The van der Waals surface area contributed by atoms with Crippen molar-refractivity contribution in [3.8, 4) is 0 Å². The van der Waals surface area contributed by atoms with Gasteiger partial charge in [0.05, 0.1) is 5.38 Å². The molecule has 1 aliphatic rings. The second-order valence-electron chi connectivity index (χ2n) is 4.37. The van der Waals surface area contributed by atoms with Crippen molar-refractivity contribution >= 4 is 17.4 Å². The van der Waals surface area contributed by atoms with Crippen molar-refractivity contribution in [1.29, 1.82) is 0 Å². The molecule has 3 heteroatoms. The van der Waals surface area contributed by atoms with E-state index >= 15 is 0 Å². The van der Waals surface area contributed by atoms with Crippen molar-refractivity contribution < 1.29 is 0 Å². The van der Waals surface area contributed by atoms with Gasteiger partial charge in [0.25, 0.3) is 0 Å². The Balaban J connectivity index is 2.12. The number of alkyl halides is 1. The summed E-state index contributed by atoms with van der Waals surface area (Å²) in [5.41, 5.74) is 1.07. The zero-order chi connectivity index (χ0) is 10.8. The number of hydrogen-bond donors (Lipinski definition) is 0. The molecule has 1 aliphatic heterocycles. The van der Waals surface area contributed by atoms with Crippen LogP contribution in [0.15, 0.2) is 18.2 Å². The van der Waals surface area contributed by atoms with E-state index in [4.69, 9.17) is 11.6 Å². The van der Waals surface area contributed by atoms with E-state index in [2.05, 4.69) is 28.9 Å². The molecule has 1 aromatic heterocycles. The fourth-order valence-corrected chi connectivity index (χ4v) is 2.23. The highest BCUT2D eigenvalue weighted by molar-refractivity contribution is 6.21. The third kappa shape index (κ3) is 2.43. The molecule has 1 fully saturated rings. The Morgan fingerprint density at radius 1 is 1.47 bits per heavy atom. The number of hydrogen-bond acceptors (Lipinski definition) is 2. The molecule has 2 heterocycles. The van der Waals surface area contributed by atoms with Crippen LogP contribution in [0, 0.1) is 12.8 Å². The van der Waals surface area contributed by atoms with Crippen LogP contribution in [0.4, 0.5) is 5.82 Å². The van der Waals surface area contributed by atoms with Gasteiger partial charge in [-0.25, -0.2) is 4.98 Å². The molecule has 1 saturated heterocycles. The van der Waals surface area contributed by atoms with Crippen molar-refractivity contribution in [2.75, 3.05) is 18.0 Å². The molecule has 0 bridgehead atoms. The first kappa shape index (κ1) is 10.7. The molecule has 2 atom stereocenters. The number of piperidine rings is 1. The van der Waals surface area contributed by atoms with Gasteiger partial charge in [0.1, 0.15) is 5.82 Å². The molecule has 0 aromatic carbocycles. The predicted octanol–water partition coefficient (Wildman–Crippen LogP) is 2.84. The lowest BCUT2D eigenvalue weighted by molar-refractivity contribution is 0.443. The monoisotopic (exact) mass is 224 g/mol. The maximum atomic E-state index is 6.28. The first-order chi connectivity index (χ1) is 7.16. The van der Waals surface area contributed by atoms with E-state index in [-0.39, 0.29) is 5.38 Å². The molecule has 0 N–H and O–H groups in total. The number of pyridine rings is 1. The molecule has 0 aliphatic carbocycles. The topological polar surface area (TPSA) is 16.1 Å². The maximum absolute atomic E-state index is 6.28. The van der Waals surface area contributed by atoms with Crippen LogP contribution in [-0.4, -0.2) is 23.5 Å². The summed E-state index contributed by atoms with van der Waals surface area (Å²) in [7, 11) is 0. The first-order valence-corrected chi connectivity index (χ1v) is 5.93. The predicted molar refractivity (Wildman–Crippen MR) is 64.6 cm³/mol. The van der Waals surface area contributed by atoms with E-state index in [0.717, 1.165) is 31.0 Å². The molecule has 0 radical (unpaired) electrons. The van der Waals surface area contributed by atoms with Gasteiger partial charge >= 0.3 is 0 Å².